The summed E-state index contributed by atoms with van der Waals surface area (Å²) >= 11 is 6.46. The second-order valence-corrected chi connectivity index (χ2v) is 9.54. The maximum atomic E-state index is 6.46. The van der Waals surface area contributed by atoms with Crippen LogP contribution in [0, 0.1) is 6.92 Å². The van der Waals surface area contributed by atoms with Crippen LogP contribution in [0.15, 0.2) is 29.0 Å². The van der Waals surface area contributed by atoms with Crippen LogP contribution in [0.3, 0.4) is 0 Å². The van der Waals surface area contributed by atoms with Crippen molar-refractivity contribution in [3.8, 4) is 5.88 Å². The highest BCUT2D eigenvalue weighted by atomic mass is 35.5. The molecule has 2 aliphatic heterocycles. The third-order valence-corrected chi connectivity index (χ3v) is 6.96. The summed E-state index contributed by atoms with van der Waals surface area (Å²) in [5, 5.41) is 8.14. The molecule has 2 bridgehead atoms. The third-order valence-electron chi connectivity index (χ3n) is 6.64. The number of rotatable bonds is 7. The number of hydrogen-bond acceptors (Lipinski definition) is 8. The Labute approximate surface area is 198 Å². The lowest BCUT2D eigenvalue weighted by Crippen LogP contribution is -2.35. The Balaban J connectivity index is 1.33. The number of benzene rings is 1. The molecule has 3 aromatic rings. The van der Waals surface area contributed by atoms with Crippen molar-refractivity contribution in [2.24, 2.45) is 0 Å². The lowest BCUT2D eigenvalue weighted by molar-refractivity contribution is 0.164. The molecule has 2 unspecified atom stereocenters. The molecule has 33 heavy (non-hydrogen) atoms. The van der Waals surface area contributed by atoms with Crippen molar-refractivity contribution in [3.05, 3.63) is 46.5 Å². The molecule has 2 fully saturated rings. The van der Waals surface area contributed by atoms with Crippen molar-refractivity contribution in [1.82, 2.24) is 20.1 Å². The maximum absolute atomic E-state index is 6.46. The normalized spacial score (nSPS) is 21.8. The SMILES string of the molecule is CCc1ccc(Nc2ncnc(O[C@H]3CC4CCC3N4c3nc(C(C)C)no3)c2C)c(Cl)c1. The number of nitrogens with one attached hydrogen (secondary N) is 1. The van der Waals surface area contributed by atoms with Crippen LogP contribution in [-0.4, -0.2) is 38.3 Å². The first-order valence-electron chi connectivity index (χ1n) is 11.6. The van der Waals surface area contributed by atoms with E-state index in [4.69, 9.17) is 20.9 Å². The molecule has 4 heterocycles. The fourth-order valence-corrected chi connectivity index (χ4v) is 5.00. The summed E-state index contributed by atoms with van der Waals surface area (Å²) in [6.07, 6.45) is 5.51. The second kappa shape index (κ2) is 8.82. The minimum atomic E-state index is 0.00651. The Morgan fingerprint density at radius 1 is 1.27 bits per heavy atom. The van der Waals surface area contributed by atoms with Crippen LogP contribution in [0.1, 0.15) is 62.9 Å². The van der Waals surface area contributed by atoms with E-state index in [1.54, 1.807) is 0 Å². The molecule has 3 atom stereocenters. The van der Waals surface area contributed by atoms with Crippen molar-refractivity contribution in [1.29, 1.82) is 0 Å². The topological polar surface area (TPSA) is 89.2 Å². The Morgan fingerprint density at radius 2 is 2.12 bits per heavy atom. The molecule has 0 spiro atoms. The van der Waals surface area contributed by atoms with Crippen LogP contribution < -0.4 is 15.0 Å². The van der Waals surface area contributed by atoms with E-state index in [0.717, 1.165) is 42.8 Å². The standard InChI is InChI=1S/C24H29ClN6O2/c1-5-15-6-8-18(17(25)10-15)28-22-14(4)23(27-12-26-22)32-20-11-16-7-9-19(20)31(16)24-29-21(13(2)3)30-33-24/h6,8,10,12-13,16,19-20H,5,7,9,11H2,1-4H3,(H,26,27,28)/t16?,19?,20-/m0/s1. The molecular formula is C24H29ClN6O2. The van der Waals surface area contributed by atoms with E-state index in [0.29, 0.717) is 28.8 Å². The van der Waals surface area contributed by atoms with Crippen LogP contribution >= 0.6 is 11.6 Å². The summed E-state index contributed by atoms with van der Waals surface area (Å²) in [6, 6.07) is 7.16. The summed E-state index contributed by atoms with van der Waals surface area (Å²) in [6.45, 7) is 8.20. The van der Waals surface area contributed by atoms with E-state index in [-0.39, 0.29) is 18.1 Å². The van der Waals surface area contributed by atoms with Crippen molar-refractivity contribution in [2.45, 2.75) is 77.5 Å². The average molecular weight is 469 g/mol. The summed E-state index contributed by atoms with van der Waals surface area (Å²) in [5.41, 5.74) is 2.85. The zero-order chi connectivity index (χ0) is 23.1. The zero-order valence-electron chi connectivity index (χ0n) is 19.4. The van der Waals surface area contributed by atoms with Gasteiger partial charge in [-0.05, 0) is 43.9 Å². The summed E-state index contributed by atoms with van der Waals surface area (Å²) in [7, 11) is 0. The molecule has 2 aliphatic rings. The molecule has 9 heteroatoms. The first kappa shape index (κ1) is 21.9. The first-order chi connectivity index (χ1) is 15.9. The molecule has 0 saturated carbocycles. The Morgan fingerprint density at radius 3 is 2.85 bits per heavy atom. The van der Waals surface area contributed by atoms with Crippen molar-refractivity contribution in [2.75, 3.05) is 10.2 Å². The Hall–Kier alpha value is -2.87. The fourth-order valence-electron chi connectivity index (χ4n) is 4.75. The predicted octanol–water partition coefficient (Wildman–Crippen LogP) is 5.44. The minimum Gasteiger partial charge on any atom is -0.472 e. The van der Waals surface area contributed by atoms with Crippen molar-refractivity contribution < 1.29 is 9.26 Å². The zero-order valence-corrected chi connectivity index (χ0v) is 20.1. The van der Waals surface area contributed by atoms with Gasteiger partial charge in [0.15, 0.2) is 5.82 Å². The number of nitrogens with zero attached hydrogens (tertiary/aromatic N) is 5. The van der Waals surface area contributed by atoms with Gasteiger partial charge >= 0.3 is 6.01 Å². The fraction of sp³-hybridized carbons (Fsp3) is 0.500. The van der Waals surface area contributed by atoms with Gasteiger partial charge in [-0.1, -0.05) is 43.6 Å². The van der Waals surface area contributed by atoms with Crippen LogP contribution in [0.4, 0.5) is 17.5 Å². The number of aryl methyl sites for hydroxylation is 1. The number of halogens is 1. The Kier molecular flexibility index (Phi) is 5.86. The van der Waals surface area contributed by atoms with E-state index in [1.807, 2.05) is 19.1 Å². The minimum absolute atomic E-state index is 0.00651. The highest BCUT2D eigenvalue weighted by Crippen LogP contribution is 2.42. The lowest BCUT2D eigenvalue weighted by atomic mass is 9.98. The molecule has 1 aromatic carbocycles. The smallest absolute Gasteiger partial charge is 0.324 e. The van der Waals surface area contributed by atoms with Gasteiger partial charge in [-0.15, -0.1) is 0 Å². The van der Waals surface area contributed by atoms with E-state index >= 15 is 0 Å². The average Bonchev–Trinajstić information content (AvgIpc) is 3.52. The van der Waals surface area contributed by atoms with Crippen molar-refractivity contribution >= 4 is 29.1 Å². The quantitative estimate of drug-likeness (QED) is 0.490. The lowest BCUT2D eigenvalue weighted by Gasteiger charge is -2.24. The number of ether oxygens (including phenoxy) is 1. The molecule has 0 amide bonds. The molecule has 1 N–H and O–H groups in total. The van der Waals surface area contributed by atoms with Crippen LogP contribution in [0.25, 0.3) is 0 Å². The molecule has 0 aliphatic carbocycles. The molecule has 0 radical (unpaired) electrons. The maximum Gasteiger partial charge on any atom is 0.324 e. The van der Waals surface area contributed by atoms with Gasteiger partial charge in [0, 0.05) is 18.4 Å². The van der Waals surface area contributed by atoms with E-state index in [1.165, 1.54) is 11.9 Å². The Bertz CT molecular complexity index is 1150. The number of aromatic nitrogens is 4. The van der Waals surface area contributed by atoms with E-state index < -0.39 is 0 Å². The number of anilines is 3. The van der Waals surface area contributed by atoms with Gasteiger partial charge in [0.05, 0.1) is 22.3 Å². The second-order valence-electron chi connectivity index (χ2n) is 9.13. The van der Waals surface area contributed by atoms with Gasteiger partial charge in [-0.2, -0.15) is 4.98 Å². The molecule has 8 nitrogen and oxygen atoms in total. The van der Waals surface area contributed by atoms with Crippen LogP contribution in [-0.2, 0) is 6.42 Å². The number of fused-ring (bicyclic) bond motifs is 2. The predicted molar refractivity (Wildman–Crippen MR) is 128 cm³/mol. The van der Waals surface area contributed by atoms with Gasteiger partial charge in [-0.25, -0.2) is 9.97 Å². The van der Waals surface area contributed by atoms with Gasteiger partial charge in [-0.3, -0.25) is 0 Å². The van der Waals surface area contributed by atoms with Gasteiger partial charge in [0.2, 0.25) is 5.88 Å². The molecule has 174 valence electrons. The summed E-state index contributed by atoms with van der Waals surface area (Å²) in [5.74, 6) is 2.24. The molecule has 2 aromatic heterocycles. The highest BCUT2D eigenvalue weighted by molar-refractivity contribution is 6.33. The van der Waals surface area contributed by atoms with E-state index in [2.05, 4.69) is 57.2 Å². The first-order valence-corrected chi connectivity index (χ1v) is 12.0. The van der Waals surface area contributed by atoms with Gasteiger partial charge in [0.25, 0.3) is 0 Å². The van der Waals surface area contributed by atoms with Crippen LogP contribution in [0.2, 0.25) is 5.02 Å². The summed E-state index contributed by atoms with van der Waals surface area (Å²) in [4.78, 5) is 15.7. The summed E-state index contributed by atoms with van der Waals surface area (Å²) < 4.78 is 12.0. The van der Waals surface area contributed by atoms with Crippen molar-refractivity contribution in [3.63, 3.8) is 0 Å². The van der Waals surface area contributed by atoms with Gasteiger partial charge in [0.1, 0.15) is 18.2 Å². The highest BCUT2D eigenvalue weighted by Gasteiger charge is 2.50. The molecule has 5 rings (SSSR count). The monoisotopic (exact) mass is 468 g/mol. The third kappa shape index (κ3) is 4.12. The largest absolute Gasteiger partial charge is 0.472 e. The number of hydrogen-bond donors (Lipinski definition) is 1. The molecular weight excluding hydrogens is 440 g/mol. The van der Waals surface area contributed by atoms with Gasteiger partial charge < -0.3 is 19.5 Å². The van der Waals surface area contributed by atoms with E-state index in [9.17, 15) is 0 Å². The van der Waals surface area contributed by atoms with Crippen LogP contribution in [0.5, 0.6) is 5.88 Å². The molecule has 2 saturated heterocycles.